The minimum atomic E-state index is -5.98. The summed E-state index contributed by atoms with van der Waals surface area (Å²) in [5.74, 6) is -5.26. The van der Waals surface area contributed by atoms with E-state index in [1.807, 2.05) is 0 Å². The van der Waals surface area contributed by atoms with Crippen LogP contribution in [0.15, 0.2) is 12.7 Å². The first-order valence-corrected chi connectivity index (χ1v) is 18.7. The van der Waals surface area contributed by atoms with Crippen molar-refractivity contribution in [3.63, 3.8) is 0 Å². The fraction of sp³-hybridized carbons (Fsp3) is 0.630. The molecule has 4 heterocycles. The minimum Gasteiger partial charge on any atom is -0.462 e. The third-order valence-electron chi connectivity index (χ3n) is 7.37. The normalized spacial score (nSPS) is 29.3. The lowest BCUT2D eigenvalue weighted by Crippen LogP contribution is -2.65. The lowest BCUT2D eigenvalue weighted by Gasteiger charge is -2.45. The van der Waals surface area contributed by atoms with Crippen molar-refractivity contribution >= 4 is 62.5 Å². The monoisotopic (exact) mass is 831 g/mol. The van der Waals surface area contributed by atoms with E-state index in [9.17, 15) is 48.0 Å². The van der Waals surface area contributed by atoms with Crippen LogP contribution in [-0.4, -0.2) is 133 Å². The Hall–Kier alpha value is -4.23. The molecule has 306 valence electrons. The molecule has 0 aromatic carbocycles. The molecule has 2 aromatic rings. The van der Waals surface area contributed by atoms with Gasteiger partial charge in [0.25, 0.3) is 0 Å². The molecular formula is C27H36FN5O20P2. The van der Waals surface area contributed by atoms with Crippen molar-refractivity contribution in [2.45, 2.75) is 96.0 Å². The van der Waals surface area contributed by atoms with Gasteiger partial charge < -0.3 is 53.8 Å². The maximum atomic E-state index is 15.1. The van der Waals surface area contributed by atoms with Crippen LogP contribution in [0.1, 0.15) is 40.8 Å². The second-order valence-corrected chi connectivity index (χ2v) is 14.6. The van der Waals surface area contributed by atoms with Crippen molar-refractivity contribution in [2.24, 2.45) is 0 Å². The Kier molecular flexibility index (Phi) is 14.0. The van der Waals surface area contributed by atoms with E-state index >= 15 is 4.39 Å². The second kappa shape index (κ2) is 17.7. The first-order valence-electron chi connectivity index (χ1n) is 15.7. The lowest BCUT2D eigenvalue weighted by molar-refractivity contribution is -0.301. The number of esters is 5. The maximum Gasteiger partial charge on any atom is 0.483 e. The van der Waals surface area contributed by atoms with Gasteiger partial charge in [0.15, 0.2) is 48.3 Å². The lowest BCUT2D eigenvalue weighted by atomic mass is 9.94. The zero-order valence-electron chi connectivity index (χ0n) is 29.3. The largest absolute Gasteiger partial charge is 0.483 e. The molecule has 2 saturated heterocycles. The number of hydrogen-bond donors (Lipinski definition) is 4. The Labute approximate surface area is 308 Å². The topological polar surface area (TPSA) is 342 Å². The van der Waals surface area contributed by atoms with Crippen molar-refractivity contribution in [3.05, 3.63) is 12.7 Å². The Balaban J connectivity index is 1.57. The molecule has 0 amide bonds. The number of aromatic nitrogens is 4. The Bertz CT molecular complexity index is 1870. The summed E-state index contributed by atoms with van der Waals surface area (Å²) in [5, 5.41) is 10.5. The molecule has 25 nitrogen and oxygen atoms in total. The number of carbonyl (C=O) groups excluding carboxylic acids is 5. The number of ether oxygens (including phenoxy) is 7. The Morgan fingerprint density at radius 1 is 0.891 bits per heavy atom. The first kappa shape index (κ1) is 43.5. The number of imidazole rings is 1. The SMILES string of the molecule is CC(=O)OC[C@@H](OC(C)=O)[C@H]1O[C@@H](OP(=O)(O)OP(=O)(O)OC[C@H]2O[C@@H](n3cnc4c(N)ncnc43)[C@H](O)[C@@H]2F)[C@@H](OC(C)=O)[C@@H](OC(C)=O)[C@@H]1OC(C)=O. The number of halogens is 1. The zero-order chi connectivity index (χ0) is 41.0. The number of carbonyl (C=O) groups is 5. The highest BCUT2D eigenvalue weighted by atomic mass is 31.3. The molecule has 55 heavy (non-hydrogen) atoms. The van der Waals surface area contributed by atoms with E-state index in [2.05, 4.69) is 23.8 Å². The molecule has 5 N–H and O–H groups in total. The predicted octanol–water partition coefficient (Wildman–Crippen LogP) is -0.730. The molecule has 2 fully saturated rings. The molecule has 0 radical (unpaired) electrons. The third-order valence-corrected chi connectivity index (χ3v) is 9.97. The molecule has 0 saturated carbocycles. The van der Waals surface area contributed by atoms with Crippen LogP contribution in [-0.2, 0) is 79.6 Å². The summed E-state index contributed by atoms with van der Waals surface area (Å²) in [6, 6.07) is 0. The van der Waals surface area contributed by atoms with Crippen molar-refractivity contribution in [1.82, 2.24) is 19.5 Å². The summed E-state index contributed by atoms with van der Waals surface area (Å²) in [6.07, 6.45) is -17.4. The summed E-state index contributed by atoms with van der Waals surface area (Å²) in [6.45, 7) is 2.53. The second-order valence-electron chi connectivity index (χ2n) is 11.6. The Morgan fingerprint density at radius 3 is 2.11 bits per heavy atom. The van der Waals surface area contributed by atoms with Crippen LogP contribution in [0.25, 0.3) is 11.2 Å². The number of phosphoric acid groups is 2. The van der Waals surface area contributed by atoms with E-state index < -0.39 is 120 Å². The molecule has 4 rings (SSSR count). The number of phosphoric ester groups is 2. The van der Waals surface area contributed by atoms with Gasteiger partial charge in [0.1, 0.15) is 36.8 Å². The van der Waals surface area contributed by atoms with Crippen LogP contribution in [0.5, 0.6) is 0 Å². The zero-order valence-corrected chi connectivity index (χ0v) is 31.1. The van der Waals surface area contributed by atoms with Crippen LogP contribution < -0.4 is 5.73 Å². The van der Waals surface area contributed by atoms with Crippen molar-refractivity contribution < 1.29 is 98.9 Å². The average Bonchev–Trinajstić information content (AvgIpc) is 3.60. The van der Waals surface area contributed by atoms with E-state index in [0.29, 0.717) is 0 Å². The predicted molar refractivity (Wildman–Crippen MR) is 170 cm³/mol. The van der Waals surface area contributed by atoms with Crippen LogP contribution in [0.4, 0.5) is 10.2 Å². The number of nitrogens with zero attached hydrogens (tertiary/aromatic N) is 4. The highest BCUT2D eigenvalue weighted by Crippen LogP contribution is 2.62. The van der Waals surface area contributed by atoms with Gasteiger partial charge in [-0.1, -0.05) is 0 Å². The average molecular weight is 832 g/mol. The molecule has 2 aliphatic heterocycles. The molecule has 0 spiro atoms. The maximum absolute atomic E-state index is 15.1. The van der Waals surface area contributed by atoms with Crippen LogP contribution in [0, 0.1) is 0 Å². The number of rotatable bonds is 15. The quantitative estimate of drug-likeness (QED) is 0.0976. The highest BCUT2D eigenvalue weighted by Gasteiger charge is 2.57. The standard InChI is InChI=1S/C27H36FN5O20P2/c1-10(34)44-6-16(46-11(2)35)20-21(47-12(3)36)22(48-13(4)37)23(49-14(5)38)27(51-20)52-55(42,43)53-54(40,41)45-7-15-17(28)19(39)26(50-15)33-9-32-18-24(29)30-8-31-25(18)33/h8-9,15-17,19-23,26-27,39H,6-7H2,1-5H3,(H,40,41)(H,42,43)(H2,29,30,31)/t15-,16-,17-,19-,20-,21-,22+,23+,26-,27+/m1/s1. The number of anilines is 1. The minimum absolute atomic E-state index is 0.0346. The molecule has 2 aliphatic rings. The van der Waals surface area contributed by atoms with Crippen molar-refractivity contribution in [2.75, 3.05) is 18.9 Å². The summed E-state index contributed by atoms with van der Waals surface area (Å²) < 4.78 is 93.0. The van der Waals surface area contributed by atoms with E-state index in [4.69, 9.17) is 43.4 Å². The summed E-state index contributed by atoms with van der Waals surface area (Å²) in [5.41, 5.74) is 5.88. The van der Waals surface area contributed by atoms with Crippen LogP contribution in [0.3, 0.4) is 0 Å². The van der Waals surface area contributed by atoms with Crippen molar-refractivity contribution in [1.29, 1.82) is 0 Å². The van der Waals surface area contributed by atoms with Gasteiger partial charge in [-0.2, -0.15) is 4.31 Å². The van der Waals surface area contributed by atoms with Gasteiger partial charge in [-0.15, -0.1) is 0 Å². The van der Waals surface area contributed by atoms with Gasteiger partial charge in [0.05, 0.1) is 12.9 Å². The number of aliphatic hydroxyl groups is 1. The van der Waals surface area contributed by atoms with Crippen molar-refractivity contribution in [3.8, 4) is 0 Å². The van der Waals surface area contributed by atoms with E-state index in [1.54, 1.807) is 0 Å². The number of hydrogen-bond acceptors (Lipinski definition) is 22. The number of nitrogen functional groups attached to an aromatic ring is 1. The van der Waals surface area contributed by atoms with Crippen LogP contribution >= 0.6 is 15.6 Å². The summed E-state index contributed by atoms with van der Waals surface area (Å²) in [4.78, 5) is 92.7. The van der Waals surface area contributed by atoms with Gasteiger partial charge in [0.2, 0.25) is 6.29 Å². The van der Waals surface area contributed by atoms with Gasteiger partial charge in [-0.05, 0) is 0 Å². The fourth-order valence-corrected chi connectivity index (χ4v) is 7.55. The van der Waals surface area contributed by atoms with Crippen LogP contribution in [0.2, 0.25) is 0 Å². The number of fused-ring (bicyclic) bond motifs is 1. The van der Waals surface area contributed by atoms with Gasteiger partial charge >= 0.3 is 45.5 Å². The Morgan fingerprint density at radius 2 is 1.51 bits per heavy atom. The summed E-state index contributed by atoms with van der Waals surface area (Å²) >= 11 is 0. The fourth-order valence-electron chi connectivity index (χ4n) is 5.40. The van der Waals surface area contributed by atoms with E-state index in [1.165, 1.54) is 0 Å². The molecule has 28 heteroatoms. The molecule has 0 bridgehead atoms. The smallest absolute Gasteiger partial charge is 0.462 e. The number of nitrogens with two attached hydrogens (primary N) is 1. The molecule has 2 aromatic heterocycles. The number of alkyl halides is 1. The highest BCUT2D eigenvalue weighted by molar-refractivity contribution is 7.61. The van der Waals surface area contributed by atoms with Gasteiger partial charge in [-0.3, -0.25) is 37.6 Å². The molecular weight excluding hydrogens is 795 g/mol. The molecule has 0 aliphatic carbocycles. The van der Waals surface area contributed by atoms with Gasteiger partial charge in [0, 0.05) is 34.6 Å². The summed E-state index contributed by atoms with van der Waals surface area (Å²) in [7, 11) is -11.7. The molecule has 12 atom stereocenters. The molecule has 2 unspecified atom stereocenters. The van der Waals surface area contributed by atoms with E-state index in [0.717, 1.165) is 51.8 Å². The van der Waals surface area contributed by atoms with E-state index in [-0.39, 0.29) is 17.0 Å². The first-order chi connectivity index (χ1) is 25.6. The number of aliphatic hydroxyl groups excluding tert-OH is 1. The van der Waals surface area contributed by atoms with Gasteiger partial charge in [-0.25, -0.2) is 28.5 Å². The third kappa shape index (κ3) is 11.2.